The van der Waals surface area contributed by atoms with Gasteiger partial charge in [0.15, 0.2) is 5.60 Å². The van der Waals surface area contributed by atoms with Crippen molar-refractivity contribution >= 4 is 5.91 Å². The van der Waals surface area contributed by atoms with E-state index in [1.165, 1.54) is 11.0 Å². The van der Waals surface area contributed by atoms with Gasteiger partial charge in [-0.05, 0) is 19.1 Å². The number of hydrogen-bond acceptors (Lipinski definition) is 3. The number of piperidine rings is 1. The van der Waals surface area contributed by atoms with Crippen molar-refractivity contribution < 1.29 is 23.1 Å². The Morgan fingerprint density at radius 1 is 1.35 bits per heavy atom. The Bertz CT molecular complexity index is 509. The number of likely N-dealkylation sites (tertiary alicyclic amines) is 1. The van der Waals surface area contributed by atoms with Crippen molar-refractivity contribution in [3.8, 4) is 0 Å². The molecule has 1 N–H and O–H groups in total. The van der Waals surface area contributed by atoms with Gasteiger partial charge in [-0.2, -0.15) is 13.2 Å². The van der Waals surface area contributed by atoms with Gasteiger partial charge in [-0.3, -0.25) is 4.79 Å². The van der Waals surface area contributed by atoms with Crippen molar-refractivity contribution in [2.24, 2.45) is 0 Å². The standard InChI is InChI=1S/C13H15F3N2O2/c1-9-3-2-4-10(17-9)11(19)18-7-5-12(20,6-8-18)13(14,15)16/h2-4,20H,5-8H2,1H3. The lowest BCUT2D eigenvalue weighted by atomic mass is 9.90. The lowest BCUT2D eigenvalue weighted by Crippen LogP contribution is -2.54. The quantitative estimate of drug-likeness (QED) is 0.859. The lowest BCUT2D eigenvalue weighted by molar-refractivity contribution is -0.271. The normalized spacial score (nSPS) is 18.9. The van der Waals surface area contributed by atoms with Gasteiger partial charge in [-0.25, -0.2) is 4.98 Å². The lowest BCUT2D eigenvalue weighted by Gasteiger charge is -2.38. The average Bonchev–Trinajstić information content (AvgIpc) is 2.37. The van der Waals surface area contributed by atoms with E-state index in [1.54, 1.807) is 19.1 Å². The number of aromatic nitrogens is 1. The number of rotatable bonds is 1. The van der Waals surface area contributed by atoms with Crippen LogP contribution in [0.4, 0.5) is 13.2 Å². The predicted octanol–water partition coefficient (Wildman–Crippen LogP) is 1.92. The first-order valence-electron chi connectivity index (χ1n) is 6.25. The molecule has 2 rings (SSSR count). The molecular weight excluding hydrogens is 273 g/mol. The van der Waals surface area contributed by atoms with Gasteiger partial charge in [0, 0.05) is 31.6 Å². The van der Waals surface area contributed by atoms with E-state index in [0.29, 0.717) is 5.69 Å². The summed E-state index contributed by atoms with van der Waals surface area (Å²) in [7, 11) is 0. The molecule has 0 spiro atoms. The number of pyridine rings is 1. The maximum absolute atomic E-state index is 12.7. The highest BCUT2D eigenvalue weighted by Gasteiger charge is 2.54. The first kappa shape index (κ1) is 14.8. The van der Waals surface area contributed by atoms with Gasteiger partial charge in [0.1, 0.15) is 5.69 Å². The fourth-order valence-corrected chi connectivity index (χ4v) is 2.19. The highest BCUT2D eigenvalue weighted by Crippen LogP contribution is 2.38. The molecule has 1 fully saturated rings. The summed E-state index contributed by atoms with van der Waals surface area (Å²) in [6.07, 6.45) is -5.67. The maximum Gasteiger partial charge on any atom is 0.417 e. The van der Waals surface area contributed by atoms with Crippen LogP contribution in [0.25, 0.3) is 0 Å². The van der Waals surface area contributed by atoms with Crippen LogP contribution in [-0.2, 0) is 0 Å². The molecule has 0 aliphatic carbocycles. The zero-order chi connectivity index (χ0) is 15.0. The van der Waals surface area contributed by atoms with Crippen LogP contribution in [0.5, 0.6) is 0 Å². The highest BCUT2D eigenvalue weighted by molar-refractivity contribution is 5.92. The fourth-order valence-electron chi connectivity index (χ4n) is 2.19. The Morgan fingerprint density at radius 2 is 1.95 bits per heavy atom. The second kappa shape index (κ2) is 5.05. The molecule has 0 atom stereocenters. The first-order chi connectivity index (χ1) is 9.23. The monoisotopic (exact) mass is 288 g/mol. The summed E-state index contributed by atoms with van der Waals surface area (Å²) in [5.74, 6) is -0.405. The van der Waals surface area contributed by atoms with E-state index in [-0.39, 0.29) is 18.8 Å². The summed E-state index contributed by atoms with van der Waals surface area (Å²) in [5.41, 5.74) is -1.81. The summed E-state index contributed by atoms with van der Waals surface area (Å²) in [6.45, 7) is 1.46. The van der Waals surface area contributed by atoms with Crippen molar-refractivity contribution in [1.29, 1.82) is 0 Å². The van der Waals surface area contributed by atoms with Gasteiger partial charge < -0.3 is 10.0 Å². The minimum Gasteiger partial charge on any atom is -0.380 e. The molecule has 20 heavy (non-hydrogen) atoms. The van der Waals surface area contributed by atoms with Crippen LogP contribution >= 0.6 is 0 Å². The molecule has 0 radical (unpaired) electrons. The molecular formula is C13H15F3N2O2. The van der Waals surface area contributed by atoms with Gasteiger partial charge in [0.2, 0.25) is 0 Å². The second-order valence-corrected chi connectivity index (χ2v) is 4.99. The smallest absolute Gasteiger partial charge is 0.380 e. The molecule has 1 aliphatic heterocycles. The topological polar surface area (TPSA) is 53.4 Å². The number of carbonyl (C=O) groups excluding carboxylic acids is 1. The van der Waals surface area contributed by atoms with E-state index in [0.717, 1.165) is 0 Å². The molecule has 0 aromatic carbocycles. The molecule has 4 nitrogen and oxygen atoms in total. The van der Waals surface area contributed by atoms with Crippen molar-refractivity contribution in [3.05, 3.63) is 29.6 Å². The Labute approximate surface area is 114 Å². The summed E-state index contributed by atoms with van der Waals surface area (Å²) in [4.78, 5) is 17.5. The van der Waals surface area contributed by atoms with Crippen molar-refractivity contribution in [1.82, 2.24) is 9.88 Å². The van der Waals surface area contributed by atoms with Crippen molar-refractivity contribution in [3.63, 3.8) is 0 Å². The molecule has 2 heterocycles. The number of alkyl halides is 3. The maximum atomic E-state index is 12.7. The Balaban J connectivity index is 2.06. The van der Waals surface area contributed by atoms with Crippen molar-refractivity contribution in [2.45, 2.75) is 31.5 Å². The third-order valence-electron chi connectivity index (χ3n) is 3.51. The molecule has 1 saturated heterocycles. The molecule has 1 aromatic heterocycles. The second-order valence-electron chi connectivity index (χ2n) is 4.99. The Morgan fingerprint density at radius 3 is 2.45 bits per heavy atom. The number of nitrogens with zero attached hydrogens (tertiary/aromatic N) is 2. The number of hydrogen-bond donors (Lipinski definition) is 1. The Kier molecular flexibility index (Phi) is 3.73. The zero-order valence-electron chi connectivity index (χ0n) is 10.9. The van der Waals surface area contributed by atoms with Gasteiger partial charge in [-0.1, -0.05) is 6.07 Å². The number of amides is 1. The SMILES string of the molecule is Cc1cccc(C(=O)N2CCC(O)(C(F)(F)F)CC2)n1. The molecule has 7 heteroatoms. The molecule has 1 aliphatic rings. The molecule has 0 bridgehead atoms. The fraction of sp³-hybridized carbons (Fsp3) is 0.538. The van der Waals surface area contributed by atoms with Crippen LogP contribution in [0.15, 0.2) is 18.2 Å². The van der Waals surface area contributed by atoms with Crippen LogP contribution in [0, 0.1) is 6.92 Å². The number of aliphatic hydroxyl groups is 1. The number of aryl methyl sites for hydroxylation is 1. The molecule has 0 saturated carbocycles. The van der Waals surface area contributed by atoms with Crippen molar-refractivity contribution in [2.75, 3.05) is 13.1 Å². The van der Waals surface area contributed by atoms with Crippen LogP contribution < -0.4 is 0 Å². The third kappa shape index (κ3) is 2.77. The van der Waals surface area contributed by atoms with E-state index >= 15 is 0 Å². The van der Waals surface area contributed by atoms with Crippen LogP contribution in [-0.4, -0.2) is 45.8 Å². The van der Waals surface area contributed by atoms with Crippen LogP contribution in [0.1, 0.15) is 29.0 Å². The van der Waals surface area contributed by atoms with Crippen LogP contribution in [0.3, 0.4) is 0 Å². The summed E-state index contributed by atoms with van der Waals surface area (Å²) < 4.78 is 38.0. The largest absolute Gasteiger partial charge is 0.417 e. The van der Waals surface area contributed by atoms with E-state index in [2.05, 4.69) is 4.98 Å². The van der Waals surface area contributed by atoms with Crippen LogP contribution in [0.2, 0.25) is 0 Å². The average molecular weight is 288 g/mol. The molecule has 1 aromatic rings. The van der Waals surface area contributed by atoms with E-state index in [4.69, 9.17) is 0 Å². The zero-order valence-corrected chi connectivity index (χ0v) is 10.9. The minimum absolute atomic E-state index is 0.134. The minimum atomic E-state index is -4.66. The van der Waals surface area contributed by atoms with Gasteiger partial charge in [0.25, 0.3) is 5.91 Å². The van der Waals surface area contributed by atoms with Gasteiger partial charge >= 0.3 is 6.18 Å². The Hall–Kier alpha value is -1.63. The van der Waals surface area contributed by atoms with E-state index in [9.17, 15) is 23.1 Å². The molecule has 1 amide bonds. The van der Waals surface area contributed by atoms with Gasteiger partial charge in [-0.15, -0.1) is 0 Å². The van der Waals surface area contributed by atoms with Gasteiger partial charge in [0.05, 0.1) is 0 Å². The highest BCUT2D eigenvalue weighted by atomic mass is 19.4. The third-order valence-corrected chi connectivity index (χ3v) is 3.51. The summed E-state index contributed by atoms with van der Waals surface area (Å²) in [5, 5.41) is 9.54. The molecule has 0 unspecified atom stereocenters. The predicted molar refractivity (Wildman–Crippen MR) is 65.1 cm³/mol. The van der Waals surface area contributed by atoms with E-state index < -0.39 is 30.5 Å². The summed E-state index contributed by atoms with van der Waals surface area (Å²) in [6, 6.07) is 4.93. The van der Waals surface area contributed by atoms with E-state index in [1.807, 2.05) is 0 Å². The summed E-state index contributed by atoms with van der Waals surface area (Å²) >= 11 is 0. The first-order valence-corrected chi connectivity index (χ1v) is 6.25. The molecule has 110 valence electrons. The number of carbonyl (C=O) groups is 1. The number of halogens is 3.